The van der Waals surface area contributed by atoms with E-state index in [1.165, 1.54) is 20.7 Å². The molecule has 0 aromatic heterocycles. The van der Waals surface area contributed by atoms with Gasteiger partial charge < -0.3 is 5.32 Å². The number of hydrogen-bond donors (Lipinski definition) is 1. The van der Waals surface area contributed by atoms with E-state index in [-0.39, 0.29) is 23.8 Å². The minimum absolute atomic E-state index is 0.130. The first-order valence-corrected chi connectivity index (χ1v) is 14.7. The summed E-state index contributed by atoms with van der Waals surface area (Å²) in [5.41, 5.74) is 3.15. The van der Waals surface area contributed by atoms with Crippen molar-refractivity contribution in [3.63, 3.8) is 0 Å². The monoisotopic (exact) mass is 507 g/mol. The predicted molar refractivity (Wildman–Crippen MR) is 135 cm³/mol. The molecule has 10 heteroatoms. The van der Waals surface area contributed by atoms with E-state index in [2.05, 4.69) is 5.32 Å². The number of aryl methyl sites for hydroxylation is 2. The molecule has 3 rings (SSSR count). The van der Waals surface area contributed by atoms with Crippen molar-refractivity contribution in [1.29, 1.82) is 0 Å². The van der Waals surface area contributed by atoms with Gasteiger partial charge in [0.25, 0.3) is 0 Å². The summed E-state index contributed by atoms with van der Waals surface area (Å²) in [4.78, 5) is 12.6. The molecule has 34 heavy (non-hydrogen) atoms. The first kappa shape index (κ1) is 26.2. The molecule has 1 N–H and O–H groups in total. The Balaban J connectivity index is 1.57. The minimum Gasteiger partial charge on any atom is -0.326 e. The number of piperidine rings is 1. The maximum atomic E-state index is 12.7. The molecular formula is C24H33N3O5S2. The lowest BCUT2D eigenvalue weighted by molar-refractivity contribution is -0.116. The van der Waals surface area contributed by atoms with Crippen LogP contribution in [0.2, 0.25) is 0 Å². The molecule has 8 nitrogen and oxygen atoms in total. The van der Waals surface area contributed by atoms with Gasteiger partial charge >= 0.3 is 0 Å². The van der Waals surface area contributed by atoms with Crippen molar-refractivity contribution < 1.29 is 21.6 Å². The largest absolute Gasteiger partial charge is 0.326 e. The third-order valence-electron chi connectivity index (χ3n) is 6.03. The molecule has 0 saturated carbocycles. The first-order valence-electron chi connectivity index (χ1n) is 11.4. The Kier molecular flexibility index (Phi) is 8.38. The maximum absolute atomic E-state index is 12.7. The molecule has 1 aliphatic rings. The second-order valence-electron chi connectivity index (χ2n) is 8.74. The molecule has 0 spiro atoms. The highest BCUT2D eigenvalue weighted by Crippen LogP contribution is 2.23. The summed E-state index contributed by atoms with van der Waals surface area (Å²) in [5, 5.41) is 2.75. The van der Waals surface area contributed by atoms with Crippen LogP contribution in [0.5, 0.6) is 0 Å². The highest BCUT2D eigenvalue weighted by atomic mass is 32.2. The van der Waals surface area contributed by atoms with Crippen LogP contribution < -0.4 is 9.62 Å². The lowest BCUT2D eigenvalue weighted by Gasteiger charge is -2.25. The number of rotatable bonds is 9. The number of anilines is 2. The third-order valence-corrected chi connectivity index (χ3v) is 9.14. The van der Waals surface area contributed by atoms with E-state index in [1.54, 1.807) is 18.2 Å². The van der Waals surface area contributed by atoms with Gasteiger partial charge in [0.05, 0.1) is 16.8 Å². The van der Waals surface area contributed by atoms with Crippen LogP contribution in [0.4, 0.5) is 11.4 Å². The fraction of sp³-hybridized carbons (Fsp3) is 0.458. The number of benzene rings is 2. The zero-order valence-electron chi connectivity index (χ0n) is 20.0. The Morgan fingerprint density at radius 1 is 0.941 bits per heavy atom. The van der Waals surface area contributed by atoms with Crippen molar-refractivity contribution in [3.05, 3.63) is 53.6 Å². The summed E-state index contributed by atoms with van der Waals surface area (Å²) < 4.78 is 52.9. The first-order chi connectivity index (χ1) is 16.0. The molecule has 1 fully saturated rings. The summed E-state index contributed by atoms with van der Waals surface area (Å²) in [6, 6.07) is 11.6. The number of sulfonamides is 2. The summed E-state index contributed by atoms with van der Waals surface area (Å²) in [7, 11) is -7.01. The number of hydrogen-bond acceptors (Lipinski definition) is 5. The van der Waals surface area contributed by atoms with Crippen molar-refractivity contribution in [3.8, 4) is 0 Å². The zero-order valence-corrected chi connectivity index (χ0v) is 21.6. The molecular weight excluding hydrogens is 474 g/mol. The van der Waals surface area contributed by atoms with Crippen molar-refractivity contribution in [1.82, 2.24) is 4.31 Å². The molecule has 186 valence electrons. The zero-order chi connectivity index (χ0) is 24.9. The fourth-order valence-corrected chi connectivity index (χ4v) is 6.41. The lowest BCUT2D eigenvalue weighted by atomic mass is 10.1. The minimum atomic E-state index is -3.52. The summed E-state index contributed by atoms with van der Waals surface area (Å²) in [6.07, 6.45) is 4.41. The van der Waals surface area contributed by atoms with Crippen LogP contribution in [-0.4, -0.2) is 52.9 Å². The standard InChI is InChI=1S/C24H33N3O5S2/c1-19-9-12-22(18-20(19)2)27(33(3,29)30)17-7-8-24(28)25-21-10-13-23(14-11-21)34(31,32)26-15-5-4-6-16-26/h9-14,18H,4-8,15-17H2,1-3H3,(H,25,28). The number of nitrogens with zero attached hydrogens (tertiary/aromatic N) is 2. The molecule has 1 amide bonds. The van der Waals surface area contributed by atoms with Crippen molar-refractivity contribution in [2.24, 2.45) is 0 Å². The lowest BCUT2D eigenvalue weighted by Crippen LogP contribution is -2.35. The molecule has 0 radical (unpaired) electrons. The van der Waals surface area contributed by atoms with Crippen molar-refractivity contribution in [2.75, 3.05) is 35.5 Å². The predicted octanol–water partition coefficient (Wildman–Crippen LogP) is 3.66. The Morgan fingerprint density at radius 2 is 1.59 bits per heavy atom. The van der Waals surface area contributed by atoms with E-state index in [0.717, 1.165) is 36.6 Å². The summed E-state index contributed by atoms with van der Waals surface area (Å²) >= 11 is 0. The van der Waals surface area contributed by atoms with Crippen LogP contribution in [-0.2, 0) is 24.8 Å². The highest BCUT2D eigenvalue weighted by molar-refractivity contribution is 7.92. The summed E-state index contributed by atoms with van der Waals surface area (Å²) in [6.45, 7) is 5.14. The Bertz CT molecular complexity index is 1220. The highest BCUT2D eigenvalue weighted by Gasteiger charge is 2.25. The van der Waals surface area contributed by atoms with Gasteiger partial charge in [-0.15, -0.1) is 0 Å². The van der Waals surface area contributed by atoms with E-state index in [4.69, 9.17) is 0 Å². The van der Waals surface area contributed by atoms with E-state index in [9.17, 15) is 21.6 Å². The number of nitrogens with one attached hydrogen (secondary N) is 1. The Labute approximate surface area is 203 Å². The second kappa shape index (κ2) is 10.9. The van der Waals surface area contributed by atoms with E-state index in [1.807, 2.05) is 26.0 Å². The fourth-order valence-electron chi connectivity index (χ4n) is 3.94. The Morgan fingerprint density at radius 3 is 2.18 bits per heavy atom. The molecule has 1 heterocycles. The second-order valence-corrected chi connectivity index (χ2v) is 12.6. The molecule has 1 aliphatic heterocycles. The van der Waals surface area contributed by atoms with Crippen LogP contribution in [0.15, 0.2) is 47.4 Å². The topological polar surface area (TPSA) is 104 Å². The van der Waals surface area contributed by atoms with Gasteiger partial charge in [0.2, 0.25) is 26.0 Å². The third kappa shape index (κ3) is 6.58. The normalized spacial score (nSPS) is 15.1. The molecule has 2 aromatic carbocycles. The van der Waals surface area contributed by atoms with E-state index in [0.29, 0.717) is 30.9 Å². The van der Waals surface area contributed by atoms with E-state index >= 15 is 0 Å². The van der Waals surface area contributed by atoms with Crippen LogP contribution in [0.1, 0.15) is 43.2 Å². The van der Waals surface area contributed by atoms with Crippen LogP contribution in [0, 0.1) is 13.8 Å². The van der Waals surface area contributed by atoms with Gasteiger partial charge in [-0.2, -0.15) is 4.31 Å². The van der Waals surface area contributed by atoms with Crippen LogP contribution in [0.3, 0.4) is 0 Å². The van der Waals surface area contributed by atoms with Gasteiger partial charge in [0, 0.05) is 31.7 Å². The van der Waals surface area contributed by atoms with Crippen LogP contribution in [0.25, 0.3) is 0 Å². The SMILES string of the molecule is Cc1ccc(N(CCCC(=O)Nc2ccc(S(=O)(=O)N3CCCCC3)cc2)S(C)(=O)=O)cc1C. The molecule has 0 atom stereocenters. The van der Waals surface area contributed by atoms with Crippen LogP contribution >= 0.6 is 0 Å². The molecule has 0 bridgehead atoms. The summed E-state index contributed by atoms with van der Waals surface area (Å²) in [5.74, 6) is -0.264. The molecule has 2 aromatic rings. The van der Waals surface area contributed by atoms with Gasteiger partial charge in [-0.1, -0.05) is 12.5 Å². The Hall–Kier alpha value is -2.43. The van der Waals surface area contributed by atoms with Gasteiger partial charge in [0.15, 0.2) is 0 Å². The number of carbonyl (C=O) groups excluding carboxylic acids is 1. The number of amides is 1. The maximum Gasteiger partial charge on any atom is 0.243 e. The van der Waals surface area contributed by atoms with Crippen molar-refractivity contribution >= 4 is 37.3 Å². The van der Waals surface area contributed by atoms with Gasteiger partial charge in [-0.05, 0) is 80.6 Å². The molecule has 0 unspecified atom stereocenters. The van der Waals surface area contributed by atoms with Gasteiger partial charge in [-0.3, -0.25) is 9.10 Å². The van der Waals surface area contributed by atoms with Crippen molar-refractivity contribution in [2.45, 2.75) is 50.8 Å². The molecule has 1 saturated heterocycles. The van der Waals surface area contributed by atoms with E-state index < -0.39 is 20.0 Å². The molecule has 0 aliphatic carbocycles. The average molecular weight is 508 g/mol. The van der Waals surface area contributed by atoms with Gasteiger partial charge in [-0.25, -0.2) is 16.8 Å². The quantitative estimate of drug-likeness (QED) is 0.558. The smallest absolute Gasteiger partial charge is 0.243 e. The average Bonchev–Trinajstić information content (AvgIpc) is 2.79. The number of carbonyl (C=O) groups is 1. The van der Waals surface area contributed by atoms with Gasteiger partial charge in [0.1, 0.15) is 0 Å².